The SMILES string of the molecule is CC(NP(=S)(OC[C@@]1(N=[N+]=[N-])O[C@@H](n2ccc(=O)[nH]c2=O)[C@H](O)[C@@H]1O)Oc1ccccc1)C(=O)OCC(C)(C)C. The van der Waals surface area contributed by atoms with Gasteiger partial charge in [-0.3, -0.25) is 19.1 Å². The van der Waals surface area contributed by atoms with Gasteiger partial charge in [0.05, 0.1) is 13.2 Å². The van der Waals surface area contributed by atoms with Crippen molar-refractivity contribution < 1.29 is 33.5 Å². The van der Waals surface area contributed by atoms with Crippen LogP contribution in [0.5, 0.6) is 5.75 Å². The van der Waals surface area contributed by atoms with Gasteiger partial charge < -0.3 is 28.7 Å². The van der Waals surface area contributed by atoms with Crippen molar-refractivity contribution >= 4 is 24.4 Å². The van der Waals surface area contributed by atoms with E-state index in [1.807, 2.05) is 25.8 Å². The molecule has 3 rings (SSSR count). The largest absolute Gasteiger partial charge is 0.464 e. The summed E-state index contributed by atoms with van der Waals surface area (Å²) in [6.07, 6.45) is -4.21. The predicted octanol–water partition coefficient (Wildman–Crippen LogP) is 1.68. The molecule has 0 amide bonds. The molecule has 17 heteroatoms. The molecule has 1 aliphatic rings. The van der Waals surface area contributed by atoms with Crippen LogP contribution in [-0.2, 0) is 30.6 Å². The van der Waals surface area contributed by atoms with Gasteiger partial charge >= 0.3 is 18.3 Å². The molecule has 0 aliphatic carbocycles. The maximum Gasteiger partial charge on any atom is 0.330 e. The second-order valence-electron chi connectivity index (χ2n) is 10.2. The third kappa shape index (κ3) is 7.77. The summed E-state index contributed by atoms with van der Waals surface area (Å²) in [6.45, 7) is 2.90. The van der Waals surface area contributed by atoms with Crippen molar-refractivity contribution in [1.82, 2.24) is 14.6 Å². The van der Waals surface area contributed by atoms with Crippen molar-refractivity contribution in [2.45, 2.75) is 57.9 Å². The highest BCUT2D eigenvalue weighted by atomic mass is 32.5. The summed E-state index contributed by atoms with van der Waals surface area (Å²) in [5.41, 5.74) is 5.04. The zero-order valence-corrected chi connectivity index (χ0v) is 23.9. The lowest BCUT2D eigenvalue weighted by atomic mass is 9.99. The molecule has 0 radical (unpaired) electrons. The normalized spacial score (nSPS) is 24.9. The van der Waals surface area contributed by atoms with E-state index in [0.29, 0.717) is 0 Å². The Balaban J connectivity index is 1.88. The number of esters is 1. The van der Waals surface area contributed by atoms with E-state index in [1.165, 1.54) is 6.92 Å². The third-order valence-electron chi connectivity index (χ3n) is 5.50. The number of carbonyl (C=O) groups excluding carboxylic acids is 1. The van der Waals surface area contributed by atoms with E-state index in [2.05, 4.69) is 15.1 Å². The number of benzene rings is 1. The predicted molar refractivity (Wildman–Crippen MR) is 146 cm³/mol. The Kier molecular flexibility index (Phi) is 9.93. The maximum atomic E-state index is 12.7. The molecule has 40 heavy (non-hydrogen) atoms. The Hall–Kier alpha value is -3.07. The number of nitrogens with zero attached hydrogens (tertiary/aromatic N) is 4. The van der Waals surface area contributed by atoms with Gasteiger partial charge in [0.15, 0.2) is 6.23 Å². The standard InChI is InChI=1S/C23H31N6O9PS/c1-14(20(33)35-12-22(2,3)4)26-39(40,38-15-8-6-5-7-9-15)36-13-23(27-28-24)18(32)17(31)19(37-23)29-11-10-16(30)25-21(29)34/h5-11,14,17-19,31-32H,12-13H2,1-4H3,(H,26,40)(H,25,30,34)/t14?,17-,18+,19-,23-,39?/m1/s1. The highest BCUT2D eigenvalue weighted by Crippen LogP contribution is 2.48. The Bertz CT molecular complexity index is 1410. The van der Waals surface area contributed by atoms with Gasteiger partial charge in [0.2, 0.25) is 5.72 Å². The van der Waals surface area contributed by atoms with Crippen molar-refractivity contribution in [3.63, 3.8) is 0 Å². The van der Waals surface area contributed by atoms with Crippen molar-refractivity contribution in [2.75, 3.05) is 13.2 Å². The Labute approximate surface area is 233 Å². The van der Waals surface area contributed by atoms with Crippen LogP contribution >= 0.6 is 6.64 Å². The molecule has 218 valence electrons. The number of nitrogens with one attached hydrogen (secondary N) is 2. The number of azide groups is 1. The Morgan fingerprint density at radius 2 is 2.00 bits per heavy atom. The van der Waals surface area contributed by atoms with Crippen LogP contribution in [-0.4, -0.2) is 62.9 Å². The van der Waals surface area contributed by atoms with Crippen LogP contribution in [0.2, 0.25) is 0 Å². The molecule has 1 aromatic heterocycles. The molecule has 1 aromatic carbocycles. The van der Waals surface area contributed by atoms with Gasteiger partial charge in [0, 0.05) is 17.2 Å². The molecule has 1 saturated heterocycles. The lowest BCUT2D eigenvalue weighted by Gasteiger charge is -2.31. The highest BCUT2D eigenvalue weighted by Gasteiger charge is 2.56. The van der Waals surface area contributed by atoms with Crippen LogP contribution in [0.3, 0.4) is 0 Å². The molecule has 4 N–H and O–H groups in total. The molecule has 2 unspecified atom stereocenters. The van der Waals surface area contributed by atoms with Gasteiger partial charge in [-0.25, -0.2) is 9.88 Å². The van der Waals surface area contributed by atoms with Crippen molar-refractivity contribution in [2.24, 2.45) is 10.5 Å². The number of carbonyl (C=O) groups is 1. The molecular formula is C23H31N6O9PS. The quantitative estimate of drug-likeness (QED) is 0.0961. The van der Waals surface area contributed by atoms with Crippen LogP contribution < -0.4 is 20.9 Å². The van der Waals surface area contributed by atoms with Gasteiger partial charge in [-0.2, -0.15) is 0 Å². The summed E-state index contributed by atoms with van der Waals surface area (Å²) in [4.78, 5) is 41.1. The van der Waals surface area contributed by atoms with Crippen LogP contribution in [0.15, 0.2) is 57.3 Å². The first-order chi connectivity index (χ1) is 18.7. The Morgan fingerprint density at radius 1 is 1.32 bits per heavy atom. The number of aromatic nitrogens is 2. The second kappa shape index (κ2) is 12.6. The first-order valence-corrected chi connectivity index (χ1v) is 14.7. The van der Waals surface area contributed by atoms with Gasteiger partial charge in [-0.15, -0.1) is 0 Å². The van der Waals surface area contributed by atoms with Crippen LogP contribution in [0.1, 0.15) is 33.9 Å². The van der Waals surface area contributed by atoms with Gasteiger partial charge in [-0.05, 0) is 41.8 Å². The fourth-order valence-corrected chi connectivity index (χ4v) is 5.92. The molecule has 15 nitrogen and oxygen atoms in total. The zero-order valence-electron chi connectivity index (χ0n) is 22.2. The molecule has 2 heterocycles. The van der Waals surface area contributed by atoms with Crippen molar-refractivity contribution in [3.8, 4) is 5.75 Å². The monoisotopic (exact) mass is 598 g/mol. The maximum absolute atomic E-state index is 12.7. The summed E-state index contributed by atoms with van der Waals surface area (Å²) >= 11 is 5.65. The molecule has 2 aromatic rings. The summed E-state index contributed by atoms with van der Waals surface area (Å²) in [7, 11) is 0. The van der Waals surface area contributed by atoms with E-state index in [9.17, 15) is 30.1 Å². The zero-order chi connectivity index (χ0) is 29.7. The minimum Gasteiger partial charge on any atom is -0.464 e. The Morgan fingerprint density at radius 3 is 2.60 bits per heavy atom. The number of rotatable bonds is 11. The first-order valence-electron chi connectivity index (χ1n) is 12.0. The number of aliphatic hydroxyl groups excluding tert-OH is 2. The van der Waals surface area contributed by atoms with E-state index in [1.54, 1.807) is 30.3 Å². The number of ether oxygens (including phenoxy) is 2. The van der Waals surface area contributed by atoms with Gasteiger partial charge in [-0.1, -0.05) is 44.1 Å². The third-order valence-corrected chi connectivity index (χ3v) is 7.98. The molecule has 1 fully saturated rings. The average molecular weight is 599 g/mol. The van der Waals surface area contributed by atoms with E-state index >= 15 is 0 Å². The van der Waals surface area contributed by atoms with Crippen LogP contribution in [0, 0.1) is 5.41 Å². The van der Waals surface area contributed by atoms with Crippen molar-refractivity contribution in [3.05, 3.63) is 73.9 Å². The minimum absolute atomic E-state index is 0.143. The topological polar surface area (TPSA) is 210 Å². The van der Waals surface area contributed by atoms with E-state index in [4.69, 9.17) is 30.3 Å². The smallest absolute Gasteiger partial charge is 0.330 e. The molecular weight excluding hydrogens is 567 g/mol. The average Bonchev–Trinajstić information content (AvgIpc) is 3.12. The van der Waals surface area contributed by atoms with Crippen molar-refractivity contribution in [1.29, 1.82) is 0 Å². The summed E-state index contributed by atoms with van der Waals surface area (Å²) < 4.78 is 23.6. The van der Waals surface area contributed by atoms with Gasteiger partial charge in [0.1, 0.15) is 24.0 Å². The highest BCUT2D eigenvalue weighted by molar-refractivity contribution is 8.09. The first kappa shape index (κ1) is 31.5. The number of aliphatic hydroxyl groups is 2. The van der Waals surface area contributed by atoms with E-state index in [0.717, 1.165) is 16.8 Å². The lowest BCUT2D eigenvalue weighted by Crippen LogP contribution is -2.45. The molecule has 1 aliphatic heterocycles. The summed E-state index contributed by atoms with van der Waals surface area (Å²) in [5, 5.41) is 27.9. The number of aromatic amines is 1. The molecule has 6 atom stereocenters. The van der Waals surface area contributed by atoms with Crippen LogP contribution in [0.25, 0.3) is 10.4 Å². The lowest BCUT2D eigenvalue weighted by molar-refractivity contribution is -0.148. The number of hydrogen-bond donors (Lipinski definition) is 4. The number of hydrogen-bond acceptors (Lipinski definition) is 11. The number of para-hydroxylation sites is 1. The molecule has 0 saturated carbocycles. The molecule has 0 spiro atoms. The van der Waals surface area contributed by atoms with E-state index in [-0.39, 0.29) is 17.8 Å². The minimum atomic E-state index is -3.68. The molecule has 0 bridgehead atoms. The number of H-pyrrole nitrogens is 1. The van der Waals surface area contributed by atoms with Crippen LogP contribution in [0.4, 0.5) is 0 Å². The van der Waals surface area contributed by atoms with E-state index < -0.39 is 60.7 Å². The fraction of sp³-hybridized carbons (Fsp3) is 0.522. The van der Waals surface area contributed by atoms with Gasteiger partial charge in [0.25, 0.3) is 5.56 Å². The second-order valence-corrected chi connectivity index (χ2v) is 13.3. The summed E-state index contributed by atoms with van der Waals surface area (Å²) in [6, 6.07) is 8.32. The summed E-state index contributed by atoms with van der Waals surface area (Å²) in [5.74, 6) is -0.337. The fourth-order valence-electron chi connectivity index (χ4n) is 3.52.